The molecule has 0 spiro atoms. The van der Waals surface area contributed by atoms with Gasteiger partial charge in [0.05, 0.1) is 18.7 Å². The van der Waals surface area contributed by atoms with Crippen LogP contribution in [-0.4, -0.2) is 36.0 Å². The minimum atomic E-state index is -0.405. The second-order valence-electron chi connectivity index (χ2n) is 6.28. The number of halogens is 1. The predicted molar refractivity (Wildman–Crippen MR) is 106 cm³/mol. The van der Waals surface area contributed by atoms with Crippen LogP contribution >= 0.6 is 11.3 Å². The van der Waals surface area contributed by atoms with Crippen LogP contribution in [0.4, 0.5) is 4.39 Å². The Hall–Kier alpha value is -2.73. The summed E-state index contributed by atoms with van der Waals surface area (Å²) in [5.74, 6) is -0.258. The smallest absolute Gasteiger partial charge is 0.228 e. The molecule has 0 aliphatic carbocycles. The van der Waals surface area contributed by atoms with Crippen LogP contribution in [-0.2, 0) is 11.2 Å². The van der Waals surface area contributed by atoms with Gasteiger partial charge in [-0.2, -0.15) is 0 Å². The Labute approximate surface area is 162 Å². The molecule has 3 rings (SSSR count). The predicted octanol–water partition coefficient (Wildman–Crippen LogP) is 4.34. The van der Waals surface area contributed by atoms with Crippen molar-refractivity contribution in [1.29, 1.82) is 0 Å². The van der Waals surface area contributed by atoms with Gasteiger partial charge in [0.2, 0.25) is 5.91 Å². The topological polar surface area (TPSA) is 42.4 Å². The van der Waals surface area contributed by atoms with Crippen molar-refractivity contribution in [2.45, 2.75) is 13.3 Å². The summed E-state index contributed by atoms with van der Waals surface area (Å²) in [5, 5.41) is 2.83. The van der Waals surface area contributed by atoms with Gasteiger partial charge in [-0.15, -0.1) is 11.3 Å². The molecule has 0 radical (unpaired) electrons. The van der Waals surface area contributed by atoms with Crippen LogP contribution in [0.25, 0.3) is 10.6 Å². The molecule has 3 aromatic rings. The Kier molecular flexibility index (Phi) is 6.19. The molecule has 4 nitrogen and oxygen atoms in total. The van der Waals surface area contributed by atoms with Crippen molar-refractivity contribution in [3.63, 3.8) is 0 Å². The number of likely N-dealkylation sites (N-methyl/N-ethyl adjacent to an activating group) is 1. The number of para-hydroxylation sites is 1. The Morgan fingerprint density at radius 3 is 2.81 bits per heavy atom. The summed E-state index contributed by atoms with van der Waals surface area (Å²) in [6.07, 6.45) is 0.235. The first-order valence-corrected chi connectivity index (χ1v) is 9.53. The first kappa shape index (κ1) is 19.0. The molecule has 0 fully saturated rings. The maximum atomic E-state index is 13.5. The lowest BCUT2D eigenvalue weighted by Gasteiger charge is -2.17. The highest BCUT2D eigenvalue weighted by molar-refractivity contribution is 7.13. The minimum absolute atomic E-state index is 0.0479. The van der Waals surface area contributed by atoms with E-state index < -0.39 is 5.82 Å². The van der Waals surface area contributed by atoms with E-state index in [2.05, 4.69) is 11.1 Å². The first-order valence-electron chi connectivity index (χ1n) is 8.65. The highest BCUT2D eigenvalue weighted by Gasteiger charge is 2.13. The number of aromatic nitrogens is 1. The largest absolute Gasteiger partial charge is 0.489 e. The van der Waals surface area contributed by atoms with Crippen LogP contribution in [0.2, 0.25) is 0 Å². The maximum absolute atomic E-state index is 13.5. The van der Waals surface area contributed by atoms with Crippen molar-refractivity contribution in [2.75, 3.05) is 20.2 Å². The van der Waals surface area contributed by atoms with E-state index in [0.29, 0.717) is 6.54 Å². The number of hydrogen-bond donors (Lipinski definition) is 0. The molecule has 0 N–H and O–H groups in total. The highest BCUT2D eigenvalue weighted by atomic mass is 32.1. The fourth-order valence-electron chi connectivity index (χ4n) is 2.57. The normalized spacial score (nSPS) is 10.6. The molecule has 0 aliphatic rings. The van der Waals surface area contributed by atoms with Crippen molar-refractivity contribution in [3.8, 4) is 16.3 Å². The number of thiazole rings is 1. The monoisotopic (exact) mass is 384 g/mol. The lowest BCUT2D eigenvalue weighted by molar-refractivity contribution is -0.129. The average Bonchev–Trinajstić information content (AvgIpc) is 3.11. The van der Waals surface area contributed by atoms with Crippen LogP contribution in [0.15, 0.2) is 53.9 Å². The summed E-state index contributed by atoms with van der Waals surface area (Å²) in [6.45, 7) is 2.65. The first-order chi connectivity index (χ1) is 13.0. The lowest BCUT2D eigenvalue weighted by Crippen LogP contribution is -2.32. The quantitative estimate of drug-likeness (QED) is 0.609. The van der Waals surface area contributed by atoms with Gasteiger partial charge in [0.25, 0.3) is 0 Å². The molecule has 0 saturated carbocycles. The van der Waals surface area contributed by atoms with Crippen molar-refractivity contribution in [3.05, 3.63) is 71.0 Å². The minimum Gasteiger partial charge on any atom is -0.489 e. The van der Waals surface area contributed by atoms with Crippen LogP contribution < -0.4 is 4.74 Å². The molecule has 1 heterocycles. The van der Waals surface area contributed by atoms with Crippen LogP contribution in [0.5, 0.6) is 5.75 Å². The molecule has 0 atom stereocenters. The maximum Gasteiger partial charge on any atom is 0.228 e. The average molecular weight is 384 g/mol. The van der Waals surface area contributed by atoms with Crippen LogP contribution in [0, 0.1) is 12.7 Å². The zero-order chi connectivity index (χ0) is 19.2. The van der Waals surface area contributed by atoms with Gasteiger partial charge in [-0.25, -0.2) is 9.37 Å². The van der Waals surface area contributed by atoms with Crippen molar-refractivity contribution >= 4 is 17.2 Å². The number of hydrogen-bond acceptors (Lipinski definition) is 4. The second kappa shape index (κ2) is 8.77. The molecule has 6 heteroatoms. The third-order valence-corrected chi connectivity index (χ3v) is 5.04. The molecule has 0 aliphatic heterocycles. The number of benzene rings is 2. The molecule has 27 heavy (non-hydrogen) atoms. The van der Waals surface area contributed by atoms with Crippen molar-refractivity contribution in [1.82, 2.24) is 9.88 Å². The lowest BCUT2D eigenvalue weighted by atomic mass is 10.1. The SMILES string of the molecule is Cc1cccc(-c2nc(CC(=O)N(C)CCOc3ccccc3F)cs2)c1. The van der Waals surface area contributed by atoms with Gasteiger partial charge in [0.1, 0.15) is 11.6 Å². The van der Waals surface area contributed by atoms with Crippen molar-refractivity contribution in [2.24, 2.45) is 0 Å². The molecule has 1 aromatic heterocycles. The fraction of sp³-hybridized carbons (Fsp3) is 0.238. The molecule has 0 bridgehead atoms. The van der Waals surface area contributed by atoms with E-state index in [4.69, 9.17) is 4.74 Å². The number of carbonyl (C=O) groups is 1. The van der Waals surface area contributed by atoms with Gasteiger partial charge in [-0.05, 0) is 25.1 Å². The molecule has 1 amide bonds. The third-order valence-electron chi connectivity index (χ3n) is 4.10. The molecule has 0 unspecified atom stereocenters. The van der Waals surface area contributed by atoms with Gasteiger partial charge in [0.15, 0.2) is 11.6 Å². The third kappa shape index (κ3) is 5.14. The van der Waals surface area contributed by atoms with E-state index in [1.165, 1.54) is 23.0 Å². The summed E-state index contributed by atoms with van der Waals surface area (Å²) >= 11 is 1.53. The zero-order valence-corrected chi connectivity index (χ0v) is 16.1. The summed E-state index contributed by atoms with van der Waals surface area (Å²) < 4.78 is 18.9. The Morgan fingerprint density at radius 1 is 1.22 bits per heavy atom. The number of rotatable bonds is 7. The van der Waals surface area contributed by atoms with Gasteiger partial charge < -0.3 is 9.64 Å². The Bertz CT molecular complexity index is 926. The van der Waals surface area contributed by atoms with Gasteiger partial charge >= 0.3 is 0 Å². The van der Waals surface area contributed by atoms with E-state index >= 15 is 0 Å². The fourth-order valence-corrected chi connectivity index (χ4v) is 3.38. The standard InChI is InChI=1S/C21H21FN2O2S/c1-15-6-5-7-16(12-15)21-23-17(14-27-21)13-20(25)24(2)10-11-26-19-9-4-3-8-18(19)22/h3-9,12,14H,10-11,13H2,1-2H3. The van der Waals surface area contributed by atoms with Crippen LogP contribution in [0.1, 0.15) is 11.3 Å². The van der Waals surface area contributed by atoms with E-state index in [9.17, 15) is 9.18 Å². The van der Waals surface area contributed by atoms with E-state index in [0.717, 1.165) is 16.3 Å². The summed E-state index contributed by atoms with van der Waals surface area (Å²) in [6, 6.07) is 14.4. The van der Waals surface area contributed by atoms with E-state index in [-0.39, 0.29) is 24.7 Å². The molecule has 0 saturated heterocycles. The van der Waals surface area contributed by atoms with Crippen molar-refractivity contribution < 1.29 is 13.9 Å². The van der Waals surface area contributed by atoms with E-state index in [1.54, 1.807) is 30.1 Å². The van der Waals surface area contributed by atoms with Gasteiger partial charge in [0, 0.05) is 18.0 Å². The number of carbonyl (C=O) groups excluding carboxylic acids is 1. The van der Waals surface area contributed by atoms with Gasteiger partial charge in [-0.3, -0.25) is 4.79 Å². The molecular weight excluding hydrogens is 363 g/mol. The molecule has 2 aromatic carbocycles. The highest BCUT2D eigenvalue weighted by Crippen LogP contribution is 2.24. The summed E-state index contributed by atoms with van der Waals surface area (Å²) in [4.78, 5) is 18.5. The summed E-state index contributed by atoms with van der Waals surface area (Å²) in [7, 11) is 1.71. The van der Waals surface area contributed by atoms with Gasteiger partial charge in [-0.1, -0.05) is 35.9 Å². The molecule has 140 valence electrons. The van der Waals surface area contributed by atoms with Crippen LogP contribution in [0.3, 0.4) is 0 Å². The Balaban J connectivity index is 1.52. The zero-order valence-electron chi connectivity index (χ0n) is 15.3. The van der Waals surface area contributed by atoms with E-state index in [1.807, 2.05) is 30.5 Å². The number of nitrogens with zero attached hydrogens (tertiary/aromatic N) is 2. The Morgan fingerprint density at radius 2 is 2.04 bits per heavy atom. The summed E-state index contributed by atoms with van der Waals surface area (Å²) in [5.41, 5.74) is 2.99. The number of amides is 1. The number of ether oxygens (including phenoxy) is 1. The second-order valence-corrected chi connectivity index (χ2v) is 7.14. The number of aryl methyl sites for hydroxylation is 1. The molecular formula is C21H21FN2O2S.